The Labute approximate surface area is 575 Å². The number of rotatable bonds is 37. The quantitative estimate of drug-likeness (QED) is 0.00233. The van der Waals surface area contributed by atoms with Gasteiger partial charge in [0.1, 0.15) is 42.2 Å². The first-order chi connectivity index (χ1) is 46.7. The van der Waals surface area contributed by atoms with Crippen molar-refractivity contribution in [1.29, 1.82) is 0 Å². The summed E-state index contributed by atoms with van der Waals surface area (Å²) < 4.78 is 138. The summed E-state index contributed by atoms with van der Waals surface area (Å²) >= 11 is 0. The molecule has 45 heteroatoms. The number of unbranched alkanes of at least 4 members (excludes halogenated alkanes) is 2. The third kappa shape index (κ3) is 32.8. The van der Waals surface area contributed by atoms with Gasteiger partial charge < -0.3 is 79.8 Å². The second kappa shape index (κ2) is 42.2. The molecule has 3 amide bonds. The van der Waals surface area contributed by atoms with Crippen molar-refractivity contribution >= 4 is 107 Å². The number of carbonyl (C=O) groups excluding carboxylic acids is 3. The molecule has 0 spiro atoms. The largest absolute Gasteiger partial charge is 0.490 e. The minimum atomic E-state index is -5.82. The van der Waals surface area contributed by atoms with Crippen LogP contribution in [0.3, 0.4) is 0 Å². The normalized spacial score (nSPS) is 15.4. The Morgan fingerprint density at radius 3 is 2.27 bits per heavy atom. The number of aryl methyl sites for hydroxylation is 1. The van der Waals surface area contributed by atoms with Crippen molar-refractivity contribution in [3.8, 4) is 34.3 Å². The van der Waals surface area contributed by atoms with Crippen molar-refractivity contribution in [1.82, 2.24) is 25.5 Å². The van der Waals surface area contributed by atoms with Crippen molar-refractivity contribution in [3.63, 3.8) is 0 Å². The van der Waals surface area contributed by atoms with E-state index in [1.807, 2.05) is 43.3 Å². The van der Waals surface area contributed by atoms with Crippen LogP contribution in [0.25, 0.3) is 43.9 Å². The number of phosphoric acid groups is 3. The summed E-state index contributed by atoms with van der Waals surface area (Å²) in [4.78, 5) is 94.0. The number of azide groups is 1. The van der Waals surface area contributed by atoms with E-state index in [0.717, 1.165) is 45.0 Å². The molecule has 1 aliphatic carbocycles. The summed E-state index contributed by atoms with van der Waals surface area (Å²) in [6.45, 7) is 7.29. The smallest absolute Gasteiger partial charge is 0.466 e. The first-order valence-corrected chi connectivity index (χ1v) is 37.9. The number of hydrogen-bond acceptors (Lipinski definition) is 29. The average Bonchev–Trinajstić information content (AvgIpc) is 1.19. The van der Waals surface area contributed by atoms with Gasteiger partial charge in [0, 0.05) is 94.9 Å². The van der Waals surface area contributed by atoms with Crippen LogP contribution in [0.5, 0.6) is 0 Å². The second-order valence-electron chi connectivity index (χ2n) is 21.0. The number of carbonyl (C=O) groups is 3. The molecule has 2 unspecified atom stereocenters. The summed E-state index contributed by atoms with van der Waals surface area (Å²) in [6, 6.07) is 16.1. The zero-order chi connectivity index (χ0) is 73.3. The van der Waals surface area contributed by atoms with Crippen molar-refractivity contribution in [2.45, 2.75) is 88.9 Å². The van der Waals surface area contributed by atoms with Crippen LogP contribution in [0.4, 0.5) is 16.3 Å². The van der Waals surface area contributed by atoms with Gasteiger partial charge in [-0.2, -0.15) is 13.6 Å². The molecule has 1 fully saturated rings. The maximum Gasteiger partial charge on any atom is 0.490 e. The highest BCUT2D eigenvalue weighted by Crippen LogP contribution is 2.66. The number of esters is 1. The number of amides is 3. The highest BCUT2D eigenvalue weighted by Gasteiger charge is 2.44. The molecule has 2 aliphatic heterocycles. The number of urea groups is 1. The first-order valence-electron chi connectivity index (χ1n) is 29.1. The summed E-state index contributed by atoms with van der Waals surface area (Å²) in [5, 5.41) is 19.0. The predicted octanol–water partition coefficient (Wildman–Crippen LogP) is 3.30. The Bertz CT molecular complexity index is 4130. The third-order valence-electron chi connectivity index (χ3n) is 13.0. The number of phosphoric ester groups is 1. The summed E-state index contributed by atoms with van der Waals surface area (Å²) in [7, 11) is -20.0. The SMILES string of the molecule is Cc1ccc(C(=O)NCCOCCOCCCC(=O)OCCC(C)(C)SSCOCCCCCNC(=O)NCC#Cc2cn([C@H]3C[C@@H](OCN=[N+]=[N-])[C@@H](COP(=O)(O)OP(=O)(O)OP(=O)(O)O)O3)c(=O)nc2N)cc1-c1c2ccc(=[NH2+])cc-2oc2cc(N)ccc12.O=S(=O)=O.O=S(=O)=O. The van der Waals surface area contributed by atoms with Crippen LogP contribution in [0.1, 0.15) is 86.5 Å². The molecule has 5 atom stereocenters. The molecule has 13 N–H and O–H groups in total. The molecule has 0 saturated carbocycles. The minimum Gasteiger partial charge on any atom is -0.466 e. The molecule has 3 aliphatic rings. The van der Waals surface area contributed by atoms with E-state index in [4.69, 9.17) is 90.3 Å². The minimum absolute atomic E-state index is 0.0460. The van der Waals surface area contributed by atoms with Crippen LogP contribution in [-0.4, -0.2) is 168 Å². The zero-order valence-corrected chi connectivity index (χ0v) is 59.0. The molecular weight excluding hydrogens is 1460 g/mol. The van der Waals surface area contributed by atoms with E-state index < -0.39 is 88.2 Å². The zero-order valence-electron chi connectivity index (χ0n) is 53.1. The molecule has 2 aromatic carbocycles. The van der Waals surface area contributed by atoms with E-state index >= 15 is 0 Å². The highest BCUT2D eigenvalue weighted by molar-refractivity contribution is 8.77. The van der Waals surface area contributed by atoms with Crippen LogP contribution >= 0.6 is 45.1 Å². The lowest BCUT2D eigenvalue weighted by atomic mass is 9.90. The Morgan fingerprint density at radius 1 is 0.859 bits per heavy atom. The fourth-order valence-corrected chi connectivity index (χ4v) is 14.0. The summed E-state index contributed by atoms with van der Waals surface area (Å²) in [5.74, 6) is 5.68. The summed E-state index contributed by atoms with van der Waals surface area (Å²) in [5.41, 5.74) is 25.1. The lowest BCUT2D eigenvalue weighted by Gasteiger charge is -2.22. The number of benzene rings is 3. The summed E-state index contributed by atoms with van der Waals surface area (Å²) in [6.07, 6.45) is 0.934. The lowest BCUT2D eigenvalue weighted by Crippen LogP contribution is -2.44. The van der Waals surface area contributed by atoms with Crippen LogP contribution in [0, 0.1) is 18.8 Å². The second-order valence-corrected chi connectivity index (χ2v) is 29.2. The third-order valence-corrected chi connectivity index (χ3v) is 19.8. The molecule has 99 heavy (non-hydrogen) atoms. The van der Waals surface area contributed by atoms with Crippen LogP contribution in [0.15, 0.2) is 75.1 Å². The maximum atomic E-state index is 13.2. The number of anilines is 2. The van der Waals surface area contributed by atoms with Gasteiger partial charge in [0.05, 0.1) is 57.3 Å². The molecule has 544 valence electrons. The van der Waals surface area contributed by atoms with E-state index in [1.165, 1.54) is 6.20 Å². The van der Waals surface area contributed by atoms with Crippen molar-refractivity contribution < 1.29 is 124 Å². The molecule has 0 bridgehead atoms. The van der Waals surface area contributed by atoms with E-state index in [2.05, 4.69) is 69.8 Å². The van der Waals surface area contributed by atoms with Gasteiger partial charge in [0.25, 0.3) is 5.91 Å². The predicted molar refractivity (Wildman–Crippen MR) is 353 cm³/mol. The fraction of sp³-hybridized carbons (Fsp3) is 0.481. The molecule has 38 nitrogen and oxygen atoms in total. The number of nitrogens with zero attached hydrogens (tertiary/aromatic N) is 5. The number of nitrogen functional groups attached to an aromatic ring is 2. The number of nitrogens with two attached hydrogens (primary N) is 3. The van der Waals surface area contributed by atoms with Gasteiger partial charge in [-0.05, 0) is 99.9 Å². The van der Waals surface area contributed by atoms with Crippen LogP contribution in [-0.2, 0) is 81.3 Å². The molecule has 3 aromatic rings. The molecule has 3 heterocycles. The van der Waals surface area contributed by atoms with Crippen molar-refractivity contribution in [3.05, 3.63) is 104 Å². The van der Waals surface area contributed by atoms with Gasteiger partial charge in [0.2, 0.25) is 0 Å². The van der Waals surface area contributed by atoms with Gasteiger partial charge >= 0.3 is 62.4 Å². The van der Waals surface area contributed by atoms with Gasteiger partial charge in [-0.15, -0.1) is 25.3 Å². The maximum absolute atomic E-state index is 13.2. The Balaban J connectivity index is 0.00000246. The number of ether oxygens (including phenoxy) is 6. The standard InChI is InChI=1S/C54H72N11O21P3S2.2O3S/c1-35-11-12-36(27-42(35)49-40-15-13-38(55)28-43(40)83-44-29-39(56)14-16-41(44)49)51(67)59-20-24-78-26-25-77-22-8-10-48(66)80-23-17-54(2,3)91-90-34-79-21-6-4-5-18-60-52(68)61-19-7-9-37-31-65(53(69)63-50(37)57)47-30-45(81-33-62-64-58)46(84-47)32-82-88(73,74)86-89(75,76)85-87(70,71)72;2*1-4(2)3/h11-16,27-29,31,45-47,55H,4-6,8,10,17-26,30,32-34,56H2,1-3H3,(H,59,67)(H,73,74)(H,75,76)(H2,57,63,69)(H2,60,61,68)(H2,70,71,72);;/p+1/t45-,46-,47-;;/m1../s1. The molecular formula is C54H73N11O27P3S4+. The lowest BCUT2D eigenvalue weighted by molar-refractivity contribution is -0.172. The number of nitrogens with one attached hydrogen (secondary N) is 3. The van der Waals surface area contributed by atoms with Crippen molar-refractivity contribution in [2.24, 2.45) is 5.11 Å². The average molecular weight is 1530 g/mol. The molecule has 0 radical (unpaired) electrons. The monoisotopic (exact) mass is 1530 g/mol. The number of fused-ring (bicyclic) bond motifs is 2. The Kier molecular flexibility index (Phi) is 35.9. The Hall–Kier alpha value is -7.16. The highest BCUT2D eigenvalue weighted by atomic mass is 33.1. The number of hydrogen-bond donors (Lipinski definition) is 10. The number of aromatic nitrogens is 2. The molecule has 6 rings (SSSR count). The molecule has 1 saturated heterocycles. The van der Waals surface area contributed by atoms with Gasteiger partial charge in [-0.25, -0.2) is 23.3 Å². The first kappa shape index (κ1) is 84.3. The molecule has 1 aromatic heterocycles. The fourth-order valence-electron chi connectivity index (χ4n) is 8.67. The van der Waals surface area contributed by atoms with E-state index in [0.29, 0.717) is 92.7 Å². The Morgan fingerprint density at radius 2 is 1.57 bits per heavy atom. The van der Waals surface area contributed by atoms with Crippen LogP contribution < -0.4 is 43.9 Å². The van der Waals surface area contributed by atoms with E-state index in [-0.39, 0.29) is 60.6 Å². The van der Waals surface area contributed by atoms with Gasteiger partial charge in [0.15, 0.2) is 5.36 Å². The topological polar surface area (TPSA) is 579 Å². The van der Waals surface area contributed by atoms with E-state index in [9.17, 15) is 42.7 Å². The van der Waals surface area contributed by atoms with E-state index in [1.54, 1.807) is 39.8 Å². The van der Waals surface area contributed by atoms with Crippen LogP contribution in [0.2, 0.25) is 0 Å². The van der Waals surface area contributed by atoms with Gasteiger partial charge in [-0.3, -0.25) is 24.1 Å². The van der Waals surface area contributed by atoms with Gasteiger partial charge in [-0.1, -0.05) is 44.6 Å². The van der Waals surface area contributed by atoms with Crippen molar-refractivity contribution in [2.75, 3.05) is 90.0 Å².